The number of nitrogens with one attached hydrogen (secondary N) is 2. The van der Waals surface area contributed by atoms with Gasteiger partial charge in [0, 0.05) is 30.5 Å². The van der Waals surface area contributed by atoms with Gasteiger partial charge in [0.25, 0.3) is 0 Å². The fourth-order valence-electron chi connectivity index (χ4n) is 3.32. The van der Waals surface area contributed by atoms with Crippen molar-refractivity contribution in [1.29, 1.82) is 0 Å². The lowest BCUT2D eigenvalue weighted by Crippen LogP contribution is -2.24. The first-order valence-corrected chi connectivity index (χ1v) is 9.04. The van der Waals surface area contributed by atoms with E-state index in [2.05, 4.69) is 17.2 Å². The zero-order valence-corrected chi connectivity index (χ0v) is 16.3. The molecule has 6 heteroatoms. The van der Waals surface area contributed by atoms with Gasteiger partial charge in [-0.2, -0.15) is 0 Å². The Morgan fingerprint density at radius 2 is 1.96 bits per heavy atom. The summed E-state index contributed by atoms with van der Waals surface area (Å²) in [6, 6.07) is 11.3. The SMILES string of the molecule is C=C(C)COc1ccccc1C1CC(=O)Nc2cc(NC(C)=O)c(OC)cc21. The zero-order chi connectivity index (χ0) is 20.3. The predicted molar refractivity (Wildman–Crippen MR) is 109 cm³/mol. The van der Waals surface area contributed by atoms with Crippen LogP contribution in [0.3, 0.4) is 0 Å². The van der Waals surface area contributed by atoms with Crippen molar-refractivity contribution in [2.75, 3.05) is 24.4 Å². The number of rotatable bonds is 6. The maximum Gasteiger partial charge on any atom is 0.225 e. The van der Waals surface area contributed by atoms with Crippen LogP contribution < -0.4 is 20.1 Å². The van der Waals surface area contributed by atoms with Crippen LogP contribution in [0.1, 0.15) is 37.3 Å². The Morgan fingerprint density at radius 1 is 1.21 bits per heavy atom. The third kappa shape index (κ3) is 4.17. The number of amides is 2. The molecule has 0 aromatic heterocycles. The van der Waals surface area contributed by atoms with Gasteiger partial charge >= 0.3 is 0 Å². The molecule has 2 N–H and O–H groups in total. The molecule has 0 radical (unpaired) electrons. The molecule has 146 valence electrons. The predicted octanol–water partition coefficient (Wildman–Crippen LogP) is 4.08. The summed E-state index contributed by atoms with van der Waals surface area (Å²) < 4.78 is 11.4. The number of benzene rings is 2. The molecule has 2 aromatic rings. The first-order valence-electron chi connectivity index (χ1n) is 9.04. The quantitative estimate of drug-likeness (QED) is 0.740. The summed E-state index contributed by atoms with van der Waals surface area (Å²) in [6.45, 7) is 7.62. The Kier molecular flexibility index (Phi) is 5.68. The Morgan fingerprint density at radius 3 is 2.64 bits per heavy atom. The number of para-hydroxylation sites is 1. The number of methoxy groups -OCH3 is 1. The van der Waals surface area contributed by atoms with Crippen LogP contribution in [-0.4, -0.2) is 25.5 Å². The van der Waals surface area contributed by atoms with Gasteiger partial charge in [0.05, 0.1) is 12.8 Å². The summed E-state index contributed by atoms with van der Waals surface area (Å²) in [5, 5.41) is 5.63. The van der Waals surface area contributed by atoms with Gasteiger partial charge in [-0.1, -0.05) is 24.8 Å². The molecule has 0 aliphatic carbocycles. The van der Waals surface area contributed by atoms with E-state index in [4.69, 9.17) is 9.47 Å². The van der Waals surface area contributed by atoms with E-state index >= 15 is 0 Å². The standard InChI is InChI=1S/C22H24N2O4/c1-13(2)12-28-20-8-6-5-7-15(20)16-10-22(26)24-18-11-19(23-14(3)25)21(27-4)9-17(16)18/h5-9,11,16H,1,10,12H2,2-4H3,(H,23,25)(H,24,26). The Bertz CT molecular complexity index is 936. The average molecular weight is 380 g/mol. The summed E-state index contributed by atoms with van der Waals surface area (Å²) in [6.07, 6.45) is 0.295. The summed E-state index contributed by atoms with van der Waals surface area (Å²) in [7, 11) is 1.55. The highest BCUT2D eigenvalue weighted by Gasteiger charge is 2.30. The number of ether oxygens (including phenoxy) is 2. The van der Waals surface area contributed by atoms with Crippen LogP contribution in [0.15, 0.2) is 48.6 Å². The van der Waals surface area contributed by atoms with Crippen molar-refractivity contribution in [1.82, 2.24) is 0 Å². The van der Waals surface area contributed by atoms with Crippen molar-refractivity contribution in [2.45, 2.75) is 26.2 Å². The maximum atomic E-state index is 12.4. The van der Waals surface area contributed by atoms with Gasteiger partial charge in [-0.3, -0.25) is 9.59 Å². The smallest absolute Gasteiger partial charge is 0.225 e. The first-order chi connectivity index (χ1) is 13.4. The maximum absolute atomic E-state index is 12.4. The van der Waals surface area contributed by atoms with E-state index in [0.29, 0.717) is 30.2 Å². The molecule has 0 spiro atoms. The molecule has 2 aromatic carbocycles. The number of fused-ring (bicyclic) bond motifs is 1. The average Bonchev–Trinajstić information content (AvgIpc) is 2.65. The molecular weight excluding hydrogens is 356 g/mol. The van der Waals surface area contributed by atoms with Crippen LogP contribution in [-0.2, 0) is 9.59 Å². The minimum absolute atomic E-state index is 0.0915. The first kappa shape index (κ1) is 19.5. The lowest BCUT2D eigenvalue weighted by Gasteiger charge is -2.28. The lowest BCUT2D eigenvalue weighted by molar-refractivity contribution is -0.116. The Balaban J connectivity index is 2.07. The van der Waals surface area contributed by atoms with Gasteiger partial charge in [-0.25, -0.2) is 0 Å². The minimum Gasteiger partial charge on any atom is -0.495 e. The van der Waals surface area contributed by atoms with Crippen molar-refractivity contribution in [3.63, 3.8) is 0 Å². The molecule has 0 bridgehead atoms. The number of carbonyl (C=O) groups excluding carboxylic acids is 2. The van der Waals surface area contributed by atoms with E-state index in [1.807, 2.05) is 37.3 Å². The van der Waals surface area contributed by atoms with Crippen molar-refractivity contribution in [2.24, 2.45) is 0 Å². The molecule has 1 heterocycles. The highest BCUT2D eigenvalue weighted by molar-refractivity contribution is 5.98. The summed E-state index contributed by atoms with van der Waals surface area (Å²) in [5.41, 5.74) is 3.92. The molecule has 1 atom stereocenters. The monoisotopic (exact) mass is 380 g/mol. The van der Waals surface area contributed by atoms with Crippen LogP contribution in [0.25, 0.3) is 0 Å². The molecule has 3 rings (SSSR count). The number of carbonyl (C=O) groups is 2. The molecular formula is C22H24N2O4. The van der Waals surface area contributed by atoms with Gasteiger partial charge in [0.2, 0.25) is 11.8 Å². The Labute approximate surface area is 164 Å². The highest BCUT2D eigenvalue weighted by Crippen LogP contribution is 2.44. The van der Waals surface area contributed by atoms with Crippen LogP contribution >= 0.6 is 0 Å². The van der Waals surface area contributed by atoms with E-state index in [0.717, 1.165) is 22.4 Å². The van der Waals surface area contributed by atoms with Crippen molar-refractivity contribution < 1.29 is 19.1 Å². The Hall–Kier alpha value is -3.28. The third-order valence-corrected chi connectivity index (χ3v) is 4.49. The normalized spacial score (nSPS) is 15.2. The van der Waals surface area contributed by atoms with E-state index in [-0.39, 0.29) is 17.7 Å². The van der Waals surface area contributed by atoms with Gasteiger partial charge in [0.15, 0.2) is 0 Å². The van der Waals surface area contributed by atoms with Gasteiger partial charge in [-0.05, 0) is 36.3 Å². The molecule has 0 fully saturated rings. The largest absolute Gasteiger partial charge is 0.495 e. The molecule has 1 unspecified atom stereocenters. The van der Waals surface area contributed by atoms with E-state index in [1.54, 1.807) is 13.2 Å². The third-order valence-electron chi connectivity index (χ3n) is 4.49. The number of hydrogen-bond acceptors (Lipinski definition) is 4. The molecule has 6 nitrogen and oxygen atoms in total. The van der Waals surface area contributed by atoms with E-state index in [1.165, 1.54) is 6.92 Å². The van der Waals surface area contributed by atoms with Crippen molar-refractivity contribution >= 4 is 23.2 Å². The molecule has 2 amide bonds. The summed E-state index contributed by atoms with van der Waals surface area (Å²) >= 11 is 0. The highest BCUT2D eigenvalue weighted by atomic mass is 16.5. The van der Waals surface area contributed by atoms with Crippen LogP contribution in [0.5, 0.6) is 11.5 Å². The summed E-state index contributed by atoms with van der Waals surface area (Å²) in [4.78, 5) is 23.9. The molecule has 0 saturated carbocycles. The molecule has 1 aliphatic rings. The topological polar surface area (TPSA) is 76.7 Å². The second kappa shape index (κ2) is 8.17. The number of hydrogen-bond donors (Lipinski definition) is 2. The van der Waals surface area contributed by atoms with Gasteiger partial charge < -0.3 is 20.1 Å². The van der Waals surface area contributed by atoms with Crippen LogP contribution in [0.2, 0.25) is 0 Å². The summed E-state index contributed by atoms with van der Waals surface area (Å²) in [5.74, 6) is 0.767. The number of anilines is 2. The second-order valence-electron chi connectivity index (χ2n) is 6.91. The van der Waals surface area contributed by atoms with Crippen LogP contribution in [0, 0.1) is 0 Å². The molecule has 0 saturated heterocycles. The van der Waals surface area contributed by atoms with Crippen LogP contribution in [0.4, 0.5) is 11.4 Å². The zero-order valence-electron chi connectivity index (χ0n) is 16.3. The minimum atomic E-state index is -0.213. The van der Waals surface area contributed by atoms with Gasteiger partial charge in [0.1, 0.15) is 18.1 Å². The van der Waals surface area contributed by atoms with Crippen molar-refractivity contribution in [3.05, 3.63) is 59.7 Å². The van der Waals surface area contributed by atoms with E-state index in [9.17, 15) is 9.59 Å². The molecule has 1 aliphatic heterocycles. The van der Waals surface area contributed by atoms with Gasteiger partial charge in [-0.15, -0.1) is 0 Å². The fourth-order valence-corrected chi connectivity index (χ4v) is 3.32. The second-order valence-corrected chi connectivity index (χ2v) is 6.91. The molecule has 28 heavy (non-hydrogen) atoms. The van der Waals surface area contributed by atoms with Crippen molar-refractivity contribution in [3.8, 4) is 11.5 Å². The lowest BCUT2D eigenvalue weighted by atomic mass is 9.84. The fraction of sp³-hybridized carbons (Fsp3) is 0.273. The van der Waals surface area contributed by atoms with E-state index < -0.39 is 0 Å².